The van der Waals surface area contributed by atoms with Crippen molar-refractivity contribution in [2.75, 3.05) is 11.9 Å². The van der Waals surface area contributed by atoms with E-state index in [0.29, 0.717) is 18.5 Å². The maximum atomic E-state index is 11.0. The molecule has 5 heteroatoms. The van der Waals surface area contributed by atoms with Gasteiger partial charge in [-0.25, -0.2) is 4.79 Å². The summed E-state index contributed by atoms with van der Waals surface area (Å²) in [5, 5.41) is 21.6. The maximum absolute atomic E-state index is 11.0. The molecular formula is C12H18N2O3. The van der Waals surface area contributed by atoms with Gasteiger partial charge < -0.3 is 15.5 Å². The van der Waals surface area contributed by atoms with E-state index < -0.39 is 11.5 Å². The summed E-state index contributed by atoms with van der Waals surface area (Å²) in [4.78, 5) is 14.8. The second-order valence-electron chi connectivity index (χ2n) is 4.00. The highest BCUT2D eigenvalue weighted by Gasteiger charge is 2.26. The summed E-state index contributed by atoms with van der Waals surface area (Å²) in [7, 11) is 0. The Morgan fingerprint density at radius 2 is 2.12 bits per heavy atom. The molecule has 0 aliphatic heterocycles. The van der Waals surface area contributed by atoms with Gasteiger partial charge in [0.1, 0.15) is 5.56 Å². The lowest BCUT2D eigenvalue weighted by Crippen LogP contribution is -2.41. The fourth-order valence-corrected chi connectivity index (χ4v) is 1.65. The van der Waals surface area contributed by atoms with Crippen LogP contribution in [0.5, 0.6) is 0 Å². The van der Waals surface area contributed by atoms with E-state index in [1.807, 2.05) is 13.8 Å². The molecule has 0 fully saturated rings. The number of hydrogen-bond acceptors (Lipinski definition) is 4. The van der Waals surface area contributed by atoms with Crippen LogP contribution in [0.1, 0.15) is 37.0 Å². The number of carbonyl (C=O) groups is 1. The van der Waals surface area contributed by atoms with Crippen molar-refractivity contribution < 1.29 is 15.0 Å². The third kappa shape index (κ3) is 2.94. The van der Waals surface area contributed by atoms with E-state index in [2.05, 4.69) is 10.3 Å². The summed E-state index contributed by atoms with van der Waals surface area (Å²) < 4.78 is 0. The predicted molar refractivity (Wildman–Crippen MR) is 65.2 cm³/mol. The van der Waals surface area contributed by atoms with Gasteiger partial charge in [0, 0.05) is 12.4 Å². The quantitative estimate of drug-likeness (QED) is 0.703. The first-order chi connectivity index (χ1) is 8.08. The van der Waals surface area contributed by atoms with E-state index in [9.17, 15) is 9.90 Å². The number of pyridine rings is 1. The van der Waals surface area contributed by atoms with Crippen molar-refractivity contribution >= 4 is 11.7 Å². The van der Waals surface area contributed by atoms with Crippen LogP contribution in [-0.4, -0.2) is 33.3 Å². The van der Waals surface area contributed by atoms with Gasteiger partial charge in [-0.15, -0.1) is 0 Å². The minimum absolute atomic E-state index is 0.0403. The van der Waals surface area contributed by atoms with Gasteiger partial charge in [-0.3, -0.25) is 4.98 Å². The molecule has 0 spiro atoms. The summed E-state index contributed by atoms with van der Waals surface area (Å²) >= 11 is 0. The largest absolute Gasteiger partial charge is 0.478 e. The normalized spacial score (nSPS) is 11.2. The number of aliphatic hydroxyl groups excluding tert-OH is 1. The fraction of sp³-hybridized carbons (Fsp3) is 0.500. The minimum atomic E-state index is -1.03. The zero-order valence-electron chi connectivity index (χ0n) is 10.1. The lowest BCUT2D eigenvalue weighted by atomic mass is 9.93. The van der Waals surface area contributed by atoms with Gasteiger partial charge in [-0.1, -0.05) is 13.8 Å². The smallest absolute Gasteiger partial charge is 0.339 e. The molecule has 1 heterocycles. The van der Waals surface area contributed by atoms with E-state index in [4.69, 9.17) is 5.11 Å². The van der Waals surface area contributed by atoms with Crippen molar-refractivity contribution in [2.24, 2.45) is 0 Å². The number of nitrogens with one attached hydrogen (secondary N) is 1. The Balaban J connectivity index is 3.05. The maximum Gasteiger partial charge on any atom is 0.339 e. The average Bonchev–Trinajstić information content (AvgIpc) is 2.36. The Bertz CT molecular complexity index is 381. The molecule has 0 saturated carbocycles. The molecule has 0 unspecified atom stereocenters. The number of nitrogens with zero attached hydrogens (tertiary/aromatic N) is 1. The van der Waals surface area contributed by atoms with E-state index in [0.717, 1.165) is 0 Å². The standard InChI is InChI=1S/C12H18N2O3/c1-3-12(4-2,8-15)14-10-5-6-13-7-9(10)11(16)17/h5-7,15H,3-4,8H2,1-2H3,(H,13,14)(H,16,17). The van der Waals surface area contributed by atoms with Crippen LogP contribution in [0.2, 0.25) is 0 Å². The van der Waals surface area contributed by atoms with E-state index in [-0.39, 0.29) is 12.2 Å². The Hall–Kier alpha value is -1.62. The number of hydrogen-bond donors (Lipinski definition) is 3. The Labute approximate surface area is 101 Å². The molecule has 0 bridgehead atoms. The highest BCUT2D eigenvalue weighted by atomic mass is 16.4. The van der Waals surface area contributed by atoms with Crippen LogP contribution < -0.4 is 5.32 Å². The number of aromatic carboxylic acids is 1. The number of aromatic nitrogens is 1. The van der Waals surface area contributed by atoms with E-state index in [1.54, 1.807) is 6.07 Å². The van der Waals surface area contributed by atoms with Crippen LogP contribution >= 0.6 is 0 Å². The summed E-state index contributed by atoms with van der Waals surface area (Å²) in [5.41, 5.74) is 0.128. The zero-order chi connectivity index (χ0) is 12.9. The lowest BCUT2D eigenvalue weighted by molar-refractivity contribution is 0.0697. The topological polar surface area (TPSA) is 82.5 Å². The molecule has 0 aromatic carbocycles. The number of carboxylic acids is 1. The van der Waals surface area contributed by atoms with Crippen LogP contribution in [0, 0.1) is 0 Å². The number of anilines is 1. The van der Waals surface area contributed by atoms with Gasteiger partial charge in [0.25, 0.3) is 0 Å². The van der Waals surface area contributed by atoms with Crippen molar-refractivity contribution in [3.05, 3.63) is 24.0 Å². The fourth-order valence-electron chi connectivity index (χ4n) is 1.65. The van der Waals surface area contributed by atoms with Crippen molar-refractivity contribution in [1.82, 2.24) is 4.98 Å². The van der Waals surface area contributed by atoms with Gasteiger partial charge in [0.2, 0.25) is 0 Å². The van der Waals surface area contributed by atoms with Crippen LogP contribution in [0.25, 0.3) is 0 Å². The molecule has 1 rings (SSSR count). The van der Waals surface area contributed by atoms with Crippen LogP contribution in [0.15, 0.2) is 18.5 Å². The molecule has 5 nitrogen and oxygen atoms in total. The molecule has 0 aliphatic carbocycles. The third-order valence-corrected chi connectivity index (χ3v) is 3.11. The van der Waals surface area contributed by atoms with Gasteiger partial charge in [-0.2, -0.15) is 0 Å². The predicted octanol–water partition coefficient (Wildman–Crippen LogP) is 1.74. The molecule has 94 valence electrons. The third-order valence-electron chi connectivity index (χ3n) is 3.11. The molecule has 1 aromatic heterocycles. The van der Waals surface area contributed by atoms with E-state index in [1.165, 1.54) is 12.4 Å². The molecule has 0 aliphatic rings. The highest BCUT2D eigenvalue weighted by Crippen LogP contribution is 2.24. The Morgan fingerprint density at radius 1 is 1.47 bits per heavy atom. The van der Waals surface area contributed by atoms with Gasteiger partial charge >= 0.3 is 5.97 Å². The van der Waals surface area contributed by atoms with Gasteiger partial charge in [0.05, 0.1) is 17.8 Å². The molecule has 0 atom stereocenters. The SMILES string of the molecule is CCC(CC)(CO)Nc1ccncc1C(=O)O. The average molecular weight is 238 g/mol. The number of rotatable bonds is 6. The van der Waals surface area contributed by atoms with Crippen molar-refractivity contribution in [3.63, 3.8) is 0 Å². The molecule has 3 N–H and O–H groups in total. The van der Waals surface area contributed by atoms with Crippen LogP contribution in [-0.2, 0) is 0 Å². The summed E-state index contributed by atoms with van der Waals surface area (Å²) in [6, 6.07) is 1.61. The molecule has 0 amide bonds. The summed E-state index contributed by atoms with van der Waals surface area (Å²) in [5.74, 6) is -1.03. The zero-order valence-corrected chi connectivity index (χ0v) is 10.1. The molecule has 1 aromatic rings. The first-order valence-corrected chi connectivity index (χ1v) is 5.65. The minimum Gasteiger partial charge on any atom is -0.478 e. The second kappa shape index (κ2) is 5.63. The molecule has 0 radical (unpaired) electrons. The summed E-state index contributed by atoms with van der Waals surface area (Å²) in [6.45, 7) is 3.87. The van der Waals surface area contributed by atoms with Crippen LogP contribution in [0.4, 0.5) is 5.69 Å². The van der Waals surface area contributed by atoms with E-state index >= 15 is 0 Å². The Kier molecular flexibility index (Phi) is 4.45. The number of aliphatic hydroxyl groups is 1. The molecular weight excluding hydrogens is 220 g/mol. The second-order valence-corrected chi connectivity index (χ2v) is 4.00. The summed E-state index contributed by atoms with van der Waals surface area (Å²) in [6.07, 6.45) is 4.25. The first kappa shape index (κ1) is 13.4. The van der Waals surface area contributed by atoms with Crippen molar-refractivity contribution in [1.29, 1.82) is 0 Å². The monoisotopic (exact) mass is 238 g/mol. The highest BCUT2D eigenvalue weighted by molar-refractivity contribution is 5.93. The lowest BCUT2D eigenvalue weighted by Gasteiger charge is -2.32. The van der Waals surface area contributed by atoms with Crippen molar-refractivity contribution in [3.8, 4) is 0 Å². The molecule has 17 heavy (non-hydrogen) atoms. The van der Waals surface area contributed by atoms with Gasteiger partial charge in [0.15, 0.2) is 0 Å². The van der Waals surface area contributed by atoms with Crippen molar-refractivity contribution in [2.45, 2.75) is 32.2 Å². The Morgan fingerprint density at radius 3 is 2.59 bits per heavy atom. The first-order valence-electron chi connectivity index (χ1n) is 5.65. The molecule has 0 saturated heterocycles. The number of carboxylic acid groups (broad SMARTS) is 1. The van der Waals surface area contributed by atoms with Crippen LogP contribution in [0.3, 0.4) is 0 Å². The van der Waals surface area contributed by atoms with Gasteiger partial charge in [-0.05, 0) is 18.9 Å².